The molecule has 2 bridgehead atoms. The minimum Gasteiger partial charge on any atom is -0.385 e. The van der Waals surface area contributed by atoms with E-state index in [-0.39, 0.29) is 0 Å². The Balaban J connectivity index is 2.06. The van der Waals surface area contributed by atoms with Crippen LogP contribution in [0.1, 0.15) is 24.0 Å². The molecule has 0 amide bonds. The van der Waals surface area contributed by atoms with E-state index in [2.05, 4.69) is 30.8 Å². The monoisotopic (exact) mass is 214 g/mol. The third-order valence-corrected chi connectivity index (χ3v) is 4.55. The van der Waals surface area contributed by atoms with Crippen molar-refractivity contribution in [3.05, 3.63) is 48.0 Å². The minimum atomic E-state index is -0.626. The zero-order valence-corrected chi connectivity index (χ0v) is 9.52. The molecular weight excluding hydrogens is 196 g/mol. The molecule has 1 aromatic rings. The van der Waals surface area contributed by atoms with Crippen LogP contribution in [0.3, 0.4) is 0 Å². The average Bonchev–Trinajstić information content (AvgIpc) is 2.52. The third kappa shape index (κ3) is 1.28. The molecule has 2 aliphatic rings. The highest BCUT2D eigenvalue weighted by Gasteiger charge is 2.48. The van der Waals surface area contributed by atoms with Gasteiger partial charge in [-0.25, -0.2) is 0 Å². The summed E-state index contributed by atoms with van der Waals surface area (Å²) < 4.78 is 0. The first-order chi connectivity index (χ1) is 7.74. The molecule has 1 saturated carbocycles. The standard InChI is InChI=1S/C15H18O/c1-2-15(16)13-7-8-14(15)10-12-6-4-3-5-11(12)9-13/h2-6,13-14,16H,1,7-10H2. The summed E-state index contributed by atoms with van der Waals surface area (Å²) in [6.45, 7) is 3.85. The van der Waals surface area contributed by atoms with Gasteiger partial charge in [0.15, 0.2) is 0 Å². The predicted molar refractivity (Wildman–Crippen MR) is 65.2 cm³/mol. The van der Waals surface area contributed by atoms with E-state index in [1.807, 2.05) is 0 Å². The fraction of sp³-hybridized carbons (Fsp3) is 0.467. The Kier molecular flexibility index (Phi) is 2.18. The molecule has 2 unspecified atom stereocenters. The Morgan fingerprint density at radius 3 is 2.06 bits per heavy atom. The van der Waals surface area contributed by atoms with Crippen LogP contribution in [0.5, 0.6) is 0 Å². The van der Waals surface area contributed by atoms with Crippen molar-refractivity contribution in [3.8, 4) is 0 Å². The molecule has 0 spiro atoms. The lowest BCUT2D eigenvalue weighted by Crippen LogP contribution is -2.37. The number of aliphatic hydroxyl groups is 1. The first-order valence-electron chi connectivity index (χ1n) is 6.17. The van der Waals surface area contributed by atoms with Gasteiger partial charge in [0.1, 0.15) is 0 Å². The topological polar surface area (TPSA) is 20.2 Å². The Morgan fingerprint density at radius 1 is 1.12 bits per heavy atom. The molecule has 0 radical (unpaired) electrons. The molecule has 1 nitrogen and oxygen atoms in total. The second-order valence-corrected chi connectivity index (χ2v) is 5.24. The molecular formula is C15H18O. The van der Waals surface area contributed by atoms with E-state index in [0.29, 0.717) is 11.8 Å². The van der Waals surface area contributed by atoms with Gasteiger partial charge in [-0.1, -0.05) is 30.3 Å². The summed E-state index contributed by atoms with van der Waals surface area (Å²) in [4.78, 5) is 0. The van der Waals surface area contributed by atoms with Crippen molar-refractivity contribution in [2.24, 2.45) is 11.8 Å². The lowest BCUT2D eigenvalue weighted by molar-refractivity contribution is 0.0141. The first kappa shape index (κ1) is 10.1. The van der Waals surface area contributed by atoms with Crippen LogP contribution in [0.15, 0.2) is 36.9 Å². The number of rotatable bonds is 1. The highest BCUT2D eigenvalue weighted by atomic mass is 16.3. The van der Waals surface area contributed by atoms with E-state index in [9.17, 15) is 5.11 Å². The molecule has 84 valence electrons. The zero-order chi connectivity index (χ0) is 11.2. The zero-order valence-electron chi connectivity index (χ0n) is 9.52. The van der Waals surface area contributed by atoms with Gasteiger partial charge in [0, 0.05) is 0 Å². The summed E-state index contributed by atoms with van der Waals surface area (Å²) in [7, 11) is 0. The molecule has 1 fully saturated rings. The smallest absolute Gasteiger partial charge is 0.0887 e. The fourth-order valence-corrected chi connectivity index (χ4v) is 3.55. The lowest BCUT2D eigenvalue weighted by atomic mass is 9.83. The second kappa shape index (κ2) is 3.46. The summed E-state index contributed by atoms with van der Waals surface area (Å²) in [5, 5.41) is 10.7. The predicted octanol–water partition coefficient (Wildman–Crippen LogP) is 2.73. The van der Waals surface area contributed by atoms with E-state index >= 15 is 0 Å². The van der Waals surface area contributed by atoms with Crippen molar-refractivity contribution in [1.29, 1.82) is 0 Å². The molecule has 0 heterocycles. The number of benzene rings is 1. The summed E-state index contributed by atoms with van der Waals surface area (Å²) in [6.07, 6.45) is 6.09. The molecule has 2 aliphatic carbocycles. The molecule has 0 aromatic heterocycles. The minimum absolute atomic E-state index is 0.374. The van der Waals surface area contributed by atoms with Crippen LogP contribution in [-0.2, 0) is 12.8 Å². The lowest BCUT2D eigenvalue weighted by Gasteiger charge is -2.30. The van der Waals surface area contributed by atoms with Gasteiger partial charge in [-0.3, -0.25) is 0 Å². The van der Waals surface area contributed by atoms with Crippen LogP contribution in [0, 0.1) is 11.8 Å². The Hall–Kier alpha value is -1.08. The Bertz CT molecular complexity index is 388. The quantitative estimate of drug-likeness (QED) is 0.713. The molecule has 16 heavy (non-hydrogen) atoms. The van der Waals surface area contributed by atoms with Gasteiger partial charge >= 0.3 is 0 Å². The van der Waals surface area contributed by atoms with Crippen LogP contribution in [-0.4, -0.2) is 10.7 Å². The van der Waals surface area contributed by atoms with Crippen LogP contribution in [0.2, 0.25) is 0 Å². The van der Waals surface area contributed by atoms with E-state index in [4.69, 9.17) is 0 Å². The van der Waals surface area contributed by atoms with Crippen molar-refractivity contribution in [2.45, 2.75) is 31.3 Å². The summed E-state index contributed by atoms with van der Waals surface area (Å²) in [6, 6.07) is 8.62. The van der Waals surface area contributed by atoms with Crippen LogP contribution in [0.25, 0.3) is 0 Å². The summed E-state index contributed by atoms with van der Waals surface area (Å²) in [5.41, 5.74) is 2.23. The largest absolute Gasteiger partial charge is 0.385 e. The van der Waals surface area contributed by atoms with E-state index in [1.54, 1.807) is 6.08 Å². The van der Waals surface area contributed by atoms with Gasteiger partial charge < -0.3 is 5.11 Å². The van der Waals surface area contributed by atoms with Crippen LogP contribution >= 0.6 is 0 Å². The van der Waals surface area contributed by atoms with E-state index in [0.717, 1.165) is 25.7 Å². The molecule has 1 heteroatoms. The van der Waals surface area contributed by atoms with Gasteiger partial charge in [-0.15, -0.1) is 6.58 Å². The first-order valence-corrected chi connectivity index (χ1v) is 6.17. The Labute approximate surface area is 96.8 Å². The van der Waals surface area contributed by atoms with E-state index < -0.39 is 5.60 Å². The van der Waals surface area contributed by atoms with Gasteiger partial charge in [-0.05, 0) is 48.6 Å². The number of hydrogen-bond donors (Lipinski definition) is 1. The van der Waals surface area contributed by atoms with Crippen LogP contribution < -0.4 is 0 Å². The highest BCUT2D eigenvalue weighted by molar-refractivity contribution is 5.32. The molecule has 1 N–H and O–H groups in total. The second-order valence-electron chi connectivity index (χ2n) is 5.24. The highest BCUT2D eigenvalue weighted by Crippen LogP contribution is 2.47. The number of fused-ring (bicyclic) bond motifs is 3. The van der Waals surface area contributed by atoms with Crippen molar-refractivity contribution >= 4 is 0 Å². The SMILES string of the molecule is C=CC1(O)C2CCC1Cc1ccccc1C2. The fourth-order valence-electron chi connectivity index (χ4n) is 3.55. The van der Waals surface area contributed by atoms with Crippen LogP contribution in [0.4, 0.5) is 0 Å². The van der Waals surface area contributed by atoms with Gasteiger partial charge in [0.25, 0.3) is 0 Å². The maximum absolute atomic E-state index is 10.7. The number of hydrogen-bond acceptors (Lipinski definition) is 1. The third-order valence-electron chi connectivity index (χ3n) is 4.55. The van der Waals surface area contributed by atoms with Crippen molar-refractivity contribution < 1.29 is 5.11 Å². The average molecular weight is 214 g/mol. The maximum atomic E-state index is 10.7. The van der Waals surface area contributed by atoms with Gasteiger partial charge in [0.05, 0.1) is 5.60 Å². The molecule has 0 saturated heterocycles. The van der Waals surface area contributed by atoms with Crippen molar-refractivity contribution in [1.82, 2.24) is 0 Å². The molecule has 3 rings (SSSR count). The van der Waals surface area contributed by atoms with Gasteiger partial charge in [-0.2, -0.15) is 0 Å². The molecule has 2 atom stereocenters. The Morgan fingerprint density at radius 2 is 1.62 bits per heavy atom. The normalized spacial score (nSPS) is 36.6. The molecule has 1 aromatic carbocycles. The van der Waals surface area contributed by atoms with Gasteiger partial charge in [0.2, 0.25) is 0 Å². The molecule has 0 aliphatic heterocycles. The summed E-state index contributed by atoms with van der Waals surface area (Å²) in [5.74, 6) is 0.747. The van der Waals surface area contributed by atoms with E-state index in [1.165, 1.54) is 11.1 Å². The van der Waals surface area contributed by atoms with Crippen molar-refractivity contribution in [3.63, 3.8) is 0 Å². The van der Waals surface area contributed by atoms with Crippen molar-refractivity contribution in [2.75, 3.05) is 0 Å². The maximum Gasteiger partial charge on any atom is 0.0887 e. The summed E-state index contributed by atoms with van der Waals surface area (Å²) >= 11 is 0.